The van der Waals surface area contributed by atoms with Crippen LogP contribution >= 0.6 is 27.5 Å². The summed E-state index contributed by atoms with van der Waals surface area (Å²) in [6.45, 7) is 2.59. The molecule has 0 radical (unpaired) electrons. The molecule has 1 atom stereocenters. The lowest BCUT2D eigenvalue weighted by Gasteiger charge is -2.31. The molecule has 0 aliphatic rings. The van der Waals surface area contributed by atoms with Crippen LogP contribution in [0.25, 0.3) is 0 Å². The average molecular weight is 544 g/mol. The maximum absolute atomic E-state index is 13.5. The Morgan fingerprint density at radius 3 is 2.26 bits per heavy atom. The maximum Gasteiger partial charge on any atom is 0.261 e. The van der Waals surface area contributed by atoms with Crippen molar-refractivity contribution in [2.75, 3.05) is 13.2 Å². The highest BCUT2D eigenvalue weighted by Crippen LogP contribution is 2.28. The maximum atomic E-state index is 13.5. The molecule has 0 aromatic heterocycles. The Bertz CT molecular complexity index is 1080. The second-order valence-electron chi connectivity index (χ2n) is 7.87. The zero-order valence-corrected chi connectivity index (χ0v) is 21.4. The van der Waals surface area contributed by atoms with Crippen molar-refractivity contribution in [2.24, 2.45) is 0 Å². The summed E-state index contributed by atoms with van der Waals surface area (Å²) in [6, 6.07) is 23.9. The van der Waals surface area contributed by atoms with E-state index in [1.807, 2.05) is 67.6 Å². The number of amides is 2. The van der Waals surface area contributed by atoms with Gasteiger partial charge in [0.25, 0.3) is 5.91 Å². The summed E-state index contributed by atoms with van der Waals surface area (Å²) >= 11 is 9.62. The van der Waals surface area contributed by atoms with Gasteiger partial charge in [0.2, 0.25) is 5.91 Å². The minimum absolute atomic E-state index is 0.184. The molecule has 0 spiro atoms. The minimum atomic E-state index is -0.689. The molecule has 0 saturated carbocycles. The third-order valence-electron chi connectivity index (χ3n) is 5.26. The predicted octanol–water partition coefficient (Wildman–Crippen LogP) is 5.65. The van der Waals surface area contributed by atoms with E-state index in [0.29, 0.717) is 23.7 Å². The van der Waals surface area contributed by atoms with Gasteiger partial charge in [0.15, 0.2) is 6.61 Å². The summed E-state index contributed by atoms with van der Waals surface area (Å²) < 4.78 is 6.57. The molecule has 3 aromatic rings. The van der Waals surface area contributed by atoms with E-state index in [1.165, 1.54) is 0 Å². The van der Waals surface area contributed by atoms with Gasteiger partial charge in [-0.2, -0.15) is 0 Å². The van der Waals surface area contributed by atoms with Crippen LogP contribution in [0.5, 0.6) is 5.75 Å². The molecule has 0 bridgehead atoms. The van der Waals surface area contributed by atoms with E-state index < -0.39 is 6.04 Å². The fraction of sp³-hybridized carbons (Fsp3) is 0.259. The average Bonchev–Trinajstić information content (AvgIpc) is 2.85. The Balaban J connectivity index is 1.87. The van der Waals surface area contributed by atoms with Gasteiger partial charge < -0.3 is 15.0 Å². The van der Waals surface area contributed by atoms with Crippen LogP contribution in [0.15, 0.2) is 83.3 Å². The molecule has 2 amide bonds. The van der Waals surface area contributed by atoms with Gasteiger partial charge in [-0.1, -0.05) is 95.1 Å². The fourth-order valence-corrected chi connectivity index (χ4v) is 4.24. The molecule has 5 nitrogen and oxygen atoms in total. The molecule has 34 heavy (non-hydrogen) atoms. The first-order valence-corrected chi connectivity index (χ1v) is 12.4. The van der Waals surface area contributed by atoms with E-state index in [4.69, 9.17) is 16.3 Å². The lowest BCUT2D eigenvalue weighted by Crippen LogP contribution is -2.51. The molecule has 3 aromatic carbocycles. The van der Waals surface area contributed by atoms with Gasteiger partial charge in [0, 0.05) is 24.0 Å². The lowest BCUT2D eigenvalue weighted by atomic mass is 10.0. The van der Waals surface area contributed by atoms with Crippen LogP contribution in [0.1, 0.15) is 24.5 Å². The largest absolute Gasteiger partial charge is 0.482 e. The number of carbonyl (C=O) groups excluding carboxylic acids is 2. The van der Waals surface area contributed by atoms with Crippen LogP contribution in [-0.4, -0.2) is 35.9 Å². The highest BCUT2D eigenvalue weighted by molar-refractivity contribution is 9.10. The van der Waals surface area contributed by atoms with Gasteiger partial charge in [-0.15, -0.1) is 0 Å². The van der Waals surface area contributed by atoms with Crippen molar-refractivity contribution in [2.45, 2.75) is 32.4 Å². The third kappa shape index (κ3) is 7.61. The van der Waals surface area contributed by atoms with Crippen molar-refractivity contribution in [1.29, 1.82) is 0 Å². The zero-order chi connectivity index (χ0) is 24.3. The quantitative estimate of drug-likeness (QED) is 0.340. The van der Waals surface area contributed by atoms with Gasteiger partial charge in [0.1, 0.15) is 11.8 Å². The predicted molar refractivity (Wildman–Crippen MR) is 139 cm³/mol. The molecule has 0 saturated heterocycles. The molecule has 0 aliphatic heterocycles. The SMILES string of the molecule is CCCNC(=O)C(Cc1ccccc1)N(Cc1ccccc1)C(=O)COc1ccc(Br)cc1Cl. The number of hydrogen-bond acceptors (Lipinski definition) is 3. The molecule has 7 heteroatoms. The van der Waals surface area contributed by atoms with E-state index in [0.717, 1.165) is 22.0 Å². The molecule has 0 heterocycles. The van der Waals surface area contributed by atoms with Gasteiger partial charge in [0.05, 0.1) is 5.02 Å². The summed E-state index contributed by atoms with van der Waals surface area (Å²) in [5.74, 6) is -0.0694. The summed E-state index contributed by atoms with van der Waals surface area (Å²) in [4.78, 5) is 28.3. The van der Waals surface area contributed by atoms with E-state index in [2.05, 4.69) is 21.2 Å². The Labute approximate surface area is 214 Å². The van der Waals surface area contributed by atoms with Crippen molar-refractivity contribution < 1.29 is 14.3 Å². The Kier molecular flexibility index (Phi) is 9.98. The van der Waals surface area contributed by atoms with Crippen LogP contribution in [0.2, 0.25) is 5.02 Å². The summed E-state index contributed by atoms with van der Waals surface area (Å²) in [5, 5.41) is 3.36. The summed E-state index contributed by atoms with van der Waals surface area (Å²) in [7, 11) is 0. The van der Waals surface area contributed by atoms with E-state index in [-0.39, 0.29) is 25.0 Å². The minimum Gasteiger partial charge on any atom is -0.482 e. The molecule has 0 aliphatic carbocycles. The van der Waals surface area contributed by atoms with Crippen LogP contribution in [0.3, 0.4) is 0 Å². The van der Waals surface area contributed by atoms with Crippen LogP contribution in [0, 0.1) is 0 Å². The van der Waals surface area contributed by atoms with Gasteiger partial charge in [-0.05, 0) is 35.7 Å². The molecule has 1 unspecified atom stereocenters. The van der Waals surface area contributed by atoms with E-state index in [1.54, 1.807) is 23.1 Å². The molecule has 1 N–H and O–H groups in total. The number of nitrogens with zero attached hydrogens (tertiary/aromatic N) is 1. The zero-order valence-electron chi connectivity index (χ0n) is 19.0. The van der Waals surface area contributed by atoms with Crippen molar-refractivity contribution in [3.8, 4) is 5.75 Å². The van der Waals surface area contributed by atoms with Crippen molar-refractivity contribution in [1.82, 2.24) is 10.2 Å². The number of carbonyl (C=O) groups is 2. The molecular formula is C27H28BrClN2O3. The smallest absolute Gasteiger partial charge is 0.261 e. The molecule has 3 rings (SSSR count). The number of rotatable bonds is 11. The first-order valence-electron chi connectivity index (χ1n) is 11.2. The normalized spacial score (nSPS) is 11.5. The molecule has 178 valence electrons. The Morgan fingerprint density at radius 2 is 1.65 bits per heavy atom. The van der Waals surface area contributed by atoms with Gasteiger partial charge in [-0.3, -0.25) is 9.59 Å². The first kappa shape index (κ1) is 25.8. The Hall–Kier alpha value is -2.83. The van der Waals surface area contributed by atoms with E-state index in [9.17, 15) is 9.59 Å². The summed E-state index contributed by atoms with van der Waals surface area (Å²) in [6.07, 6.45) is 1.20. The number of ether oxygens (including phenoxy) is 1. The van der Waals surface area contributed by atoms with E-state index >= 15 is 0 Å². The highest BCUT2D eigenvalue weighted by atomic mass is 79.9. The molecular weight excluding hydrogens is 516 g/mol. The van der Waals surface area contributed by atoms with Crippen molar-refractivity contribution >= 4 is 39.3 Å². The highest BCUT2D eigenvalue weighted by Gasteiger charge is 2.30. The van der Waals surface area contributed by atoms with Gasteiger partial charge >= 0.3 is 0 Å². The van der Waals surface area contributed by atoms with Crippen LogP contribution in [-0.2, 0) is 22.6 Å². The number of nitrogens with one attached hydrogen (secondary N) is 1. The third-order valence-corrected chi connectivity index (χ3v) is 6.05. The van der Waals surface area contributed by atoms with Crippen LogP contribution < -0.4 is 10.1 Å². The monoisotopic (exact) mass is 542 g/mol. The van der Waals surface area contributed by atoms with Crippen molar-refractivity contribution in [3.05, 3.63) is 99.5 Å². The number of benzene rings is 3. The van der Waals surface area contributed by atoms with Crippen LogP contribution in [0.4, 0.5) is 0 Å². The first-order chi connectivity index (χ1) is 16.5. The Morgan fingerprint density at radius 1 is 1.00 bits per heavy atom. The molecule has 0 fully saturated rings. The standard InChI is InChI=1S/C27H28BrClN2O3/c1-2-15-30-27(33)24(16-20-9-5-3-6-10-20)31(18-21-11-7-4-8-12-21)26(32)19-34-25-14-13-22(28)17-23(25)29/h3-14,17,24H,2,15-16,18-19H2,1H3,(H,30,33). The fourth-order valence-electron chi connectivity index (χ4n) is 3.51. The summed E-state index contributed by atoms with van der Waals surface area (Å²) in [5.41, 5.74) is 1.90. The second-order valence-corrected chi connectivity index (χ2v) is 9.19. The van der Waals surface area contributed by atoms with Crippen molar-refractivity contribution in [3.63, 3.8) is 0 Å². The number of halogens is 2. The number of hydrogen-bond donors (Lipinski definition) is 1. The van der Waals surface area contributed by atoms with Gasteiger partial charge in [-0.25, -0.2) is 0 Å². The second kappa shape index (κ2) is 13.2. The lowest BCUT2D eigenvalue weighted by molar-refractivity contribution is -0.142. The topological polar surface area (TPSA) is 58.6 Å².